The van der Waals surface area contributed by atoms with Crippen LogP contribution in [0.25, 0.3) is 0 Å². The van der Waals surface area contributed by atoms with Gasteiger partial charge < -0.3 is 0 Å². The van der Waals surface area contributed by atoms with E-state index in [4.69, 9.17) is 18.6 Å². The van der Waals surface area contributed by atoms with Gasteiger partial charge in [0, 0.05) is 17.1 Å². The quantitative estimate of drug-likeness (QED) is 0.380. The van der Waals surface area contributed by atoms with Crippen molar-refractivity contribution in [1.82, 2.24) is 0 Å². The summed E-state index contributed by atoms with van der Waals surface area (Å²) in [6.07, 6.45) is 0. The first kappa shape index (κ1) is 9.82. The van der Waals surface area contributed by atoms with Crippen molar-refractivity contribution in [2.24, 2.45) is 0 Å². The third-order valence-electron chi connectivity index (χ3n) is 0. The van der Waals surface area contributed by atoms with Gasteiger partial charge in [-0.05, 0) is 0 Å². The summed E-state index contributed by atoms with van der Waals surface area (Å²) in [5.41, 5.74) is 0. The zero-order valence-electron chi connectivity index (χ0n) is 2.46. The van der Waals surface area contributed by atoms with Crippen molar-refractivity contribution >= 4 is 17.1 Å². The van der Waals surface area contributed by atoms with Crippen LogP contribution in [0.5, 0.6) is 0 Å². The molecule has 4 nitrogen and oxygen atoms in total. The fraction of sp³-hybridized carbons (Fsp3) is 0. The minimum absolute atomic E-state index is 0. The summed E-state index contributed by atoms with van der Waals surface area (Å²) in [7, 11) is -4.69. The fourth-order valence-electron chi connectivity index (χ4n) is 0. The van der Waals surface area contributed by atoms with Gasteiger partial charge in [-0.1, -0.05) is 0 Å². The Kier molecular flexibility index (Phi) is 4.52. The molecule has 6 heteroatoms. The first-order valence-corrected chi connectivity index (χ1v) is 1.90. The molecule has 0 aromatic carbocycles. The van der Waals surface area contributed by atoms with Crippen molar-refractivity contribution in [1.29, 1.82) is 0 Å². The van der Waals surface area contributed by atoms with Gasteiger partial charge in [0.2, 0.25) is 0 Å². The van der Waals surface area contributed by atoms with Crippen LogP contribution in [0.1, 0.15) is 0 Å². The van der Waals surface area contributed by atoms with Gasteiger partial charge in [0.25, 0.3) is 0 Å². The second-order valence-electron chi connectivity index (χ2n) is 0.396. The van der Waals surface area contributed by atoms with E-state index in [1.54, 1.807) is 0 Å². The molecule has 0 aliphatic heterocycles. The Morgan fingerprint density at radius 1 is 1.17 bits per heavy atom. The van der Waals surface area contributed by atoms with Crippen LogP contribution in [0.4, 0.5) is 0 Å². The maximum absolute atomic E-state index is 8.60. The molecule has 0 aromatic rings. The van der Waals surface area contributed by atoms with Gasteiger partial charge >= 0.3 is 0 Å². The summed E-state index contributed by atoms with van der Waals surface area (Å²) < 4.78 is 32.7. The summed E-state index contributed by atoms with van der Waals surface area (Å²) in [4.78, 5) is 0. The van der Waals surface area contributed by atoms with Crippen molar-refractivity contribution in [2.45, 2.75) is 0 Å². The third kappa shape index (κ3) is 147. The van der Waals surface area contributed by atoms with Gasteiger partial charge in [0.05, 0.1) is 14.9 Å². The first-order valence-electron chi connectivity index (χ1n) is 0.632. The van der Waals surface area contributed by atoms with E-state index in [0.29, 0.717) is 0 Å². The molecule has 6 heavy (non-hydrogen) atoms. The Balaban J connectivity index is 0. The van der Waals surface area contributed by atoms with E-state index in [0.717, 1.165) is 0 Å². The largest absolute Gasteiger partial charge is 0.183 e. The molecule has 0 amide bonds. The van der Waals surface area contributed by atoms with Gasteiger partial charge in [-0.3, -0.25) is 0 Å². The van der Waals surface area contributed by atoms with Crippen LogP contribution >= 0.6 is 0 Å². The van der Waals surface area contributed by atoms with E-state index < -0.39 is 10.2 Å². The second kappa shape index (κ2) is 2.76. The first-order chi connectivity index (χ1) is 2.00. The molecule has 0 aliphatic carbocycles. The number of halogens is 1. The predicted octanol–water partition coefficient (Wildman–Crippen LogP) is -4.50. The summed E-state index contributed by atoms with van der Waals surface area (Å²) in [6, 6.07) is 0. The monoisotopic (exact) mass is 180 g/mol. The van der Waals surface area contributed by atoms with Crippen molar-refractivity contribution in [3.8, 4) is 0 Å². The Bertz CT molecular complexity index is 23.0. The van der Waals surface area contributed by atoms with Gasteiger partial charge in [-0.25, -0.2) is 0 Å². The third-order valence-corrected chi connectivity index (χ3v) is 0. The van der Waals surface area contributed by atoms with E-state index in [9.17, 15) is 0 Å². The van der Waals surface area contributed by atoms with E-state index in [1.165, 1.54) is 0 Å². The van der Waals surface area contributed by atoms with Crippen LogP contribution < -0.4 is 14.0 Å². The minimum atomic E-state index is -4.69. The fourth-order valence-corrected chi connectivity index (χ4v) is 0. The molecule has 0 aliphatic rings. The van der Waals surface area contributed by atoms with Crippen molar-refractivity contribution < 1.29 is 28.9 Å². The van der Waals surface area contributed by atoms with Crippen molar-refractivity contribution in [3.63, 3.8) is 0 Å². The minimum Gasteiger partial charge on any atom is -0.183 e. The Hall–Kier alpha value is 0.649. The molecule has 38 valence electrons. The number of hydrogen-bond donors (Lipinski definition) is 1. The standard InChI is InChI=1S/ClHO4.Se/c2-1(3,4)5;/h(H,2,3,4,5);. The molecule has 0 aromatic heterocycles. The molecule has 0 unspecified atom stereocenters. The topological polar surface area (TPSA) is 89.4 Å². The van der Waals surface area contributed by atoms with Crippen LogP contribution in [-0.4, -0.2) is 21.7 Å². The molecule has 0 bridgehead atoms. The van der Waals surface area contributed by atoms with Crippen molar-refractivity contribution in [2.75, 3.05) is 0 Å². The molecule has 0 heterocycles. The zero-order valence-corrected chi connectivity index (χ0v) is 4.93. The van der Waals surface area contributed by atoms with E-state index in [-0.39, 0.29) is 17.1 Å². The summed E-state index contributed by atoms with van der Waals surface area (Å²) >= 11 is 0. The SMILES string of the molecule is [O-][Cl+3]([O-])([O-])O.[Se]. The van der Waals surface area contributed by atoms with Crippen LogP contribution in [0, 0.1) is 10.2 Å². The Morgan fingerprint density at radius 3 is 1.17 bits per heavy atom. The van der Waals surface area contributed by atoms with Crippen molar-refractivity contribution in [3.05, 3.63) is 0 Å². The van der Waals surface area contributed by atoms with Crippen LogP contribution in [0.15, 0.2) is 0 Å². The molecule has 0 rings (SSSR count). The summed E-state index contributed by atoms with van der Waals surface area (Å²) in [6.45, 7) is 0. The average molecular weight is 179 g/mol. The summed E-state index contributed by atoms with van der Waals surface area (Å²) in [5, 5.41) is 0. The average Bonchev–Trinajstić information content (AvgIpc) is 0.722. The summed E-state index contributed by atoms with van der Waals surface area (Å²) in [5.74, 6) is 0. The molecule has 0 fully saturated rings. The van der Waals surface area contributed by atoms with Gasteiger partial charge in [-0.15, -0.1) is 0 Å². The number of hydrogen-bond acceptors (Lipinski definition) is 4. The predicted molar refractivity (Wildman–Crippen MR) is 7.97 cm³/mol. The maximum Gasteiger partial charge on any atom is 0.0777 e. The second-order valence-corrected chi connectivity index (χ2v) is 1.19. The molecule has 1 N–H and O–H groups in total. The zero-order chi connectivity index (χ0) is 4.50. The Morgan fingerprint density at radius 2 is 1.17 bits per heavy atom. The van der Waals surface area contributed by atoms with Crippen LogP contribution in [0.3, 0.4) is 0 Å². The van der Waals surface area contributed by atoms with E-state index >= 15 is 0 Å². The molecule has 0 saturated heterocycles. The Labute approximate surface area is 46.6 Å². The van der Waals surface area contributed by atoms with Gasteiger partial charge in [-0.2, -0.15) is 14.0 Å². The molecular formula is HClO4Se. The van der Waals surface area contributed by atoms with Crippen LogP contribution in [-0.2, 0) is 0 Å². The van der Waals surface area contributed by atoms with E-state index in [2.05, 4.69) is 0 Å². The van der Waals surface area contributed by atoms with Gasteiger partial charge in [0.1, 0.15) is 0 Å². The molecule has 2 radical (unpaired) electrons. The maximum atomic E-state index is 8.60. The van der Waals surface area contributed by atoms with Crippen LogP contribution in [0.2, 0.25) is 0 Å². The van der Waals surface area contributed by atoms with E-state index in [1.807, 2.05) is 0 Å². The molecular weight excluding hydrogens is 178 g/mol. The molecule has 0 spiro atoms. The smallest absolute Gasteiger partial charge is 0.0777 e. The number of rotatable bonds is 0. The van der Waals surface area contributed by atoms with Gasteiger partial charge in [0.15, 0.2) is 0 Å². The molecule has 0 saturated carbocycles. The molecule has 0 atom stereocenters. The normalized spacial score (nSPS) is 10.0.